The number of nitrogens with zero attached hydrogens (tertiary/aromatic N) is 3. The fraction of sp³-hybridized carbons (Fsp3) is 0.571. The summed E-state index contributed by atoms with van der Waals surface area (Å²) in [6.45, 7) is 12.6. The molecule has 2 fully saturated rings. The Labute approximate surface area is 260 Å². The molecule has 0 bridgehead atoms. The van der Waals surface area contributed by atoms with Crippen molar-refractivity contribution in [3.8, 4) is 0 Å². The van der Waals surface area contributed by atoms with Crippen molar-refractivity contribution in [1.82, 2.24) is 14.7 Å². The van der Waals surface area contributed by atoms with E-state index in [2.05, 4.69) is 13.8 Å². The van der Waals surface area contributed by atoms with Gasteiger partial charge in [0.2, 0.25) is 0 Å². The number of ether oxygens (including phenoxy) is 2. The van der Waals surface area contributed by atoms with E-state index in [0.717, 1.165) is 42.6 Å². The molecule has 1 unspecified atom stereocenters. The van der Waals surface area contributed by atoms with Crippen molar-refractivity contribution in [2.45, 2.75) is 95.6 Å². The van der Waals surface area contributed by atoms with Crippen LogP contribution in [0.3, 0.4) is 0 Å². The molecule has 4 heterocycles. The molecule has 3 amide bonds. The highest BCUT2D eigenvalue weighted by atomic mass is 16.6. The number of aliphatic hydroxyl groups is 1. The minimum Gasteiger partial charge on any atom is -0.444 e. The maximum absolute atomic E-state index is 13.8. The molecule has 0 radical (unpaired) electrons. The second-order valence-corrected chi connectivity index (χ2v) is 14.6. The second kappa shape index (κ2) is 11.2. The Morgan fingerprint density at radius 2 is 1.75 bits per heavy atom. The molecule has 2 aromatic rings. The summed E-state index contributed by atoms with van der Waals surface area (Å²) in [6.07, 6.45) is 1.80. The maximum Gasteiger partial charge on any atom is 0.410 e. The normalized spacial score (nSPS) is 23.0. The van der Waals surface area contributed by atoms with E-state index in [9.17, 15) is 19.5 Å². The first-order valence-electron chi connectivity index (χ1n) is 15.9. The zero-order chi connectivity index (χ0) is 31.4. The third kappa shape index (κ3) is 5.84. The van der Waals surface area contributed by atoms with Crippen LogP contribution in [0.2, 0.25) is 0 Å². The molecule has 4 aliphatic rings. The number of likely N-dealkylation sites (tertiary alicyclic amines) is 1. The molecule has 2 saturated heterocycles. The van der Waals surface area contributed by atoms with E-state index in [-0.39, 0.29) is 24.0 Å². The number of rotatable bonds is 4. The molecule has 44 heavy (non-hydrogen) atoms. The Bertz CT molecular complexity index is 1450. The fourth-order valence-electron chi connectivity index (χ4n) is 7.22. The van der Waals surface area contributed by atoms with Crippen molar-refractivity contribution in [2.24, 2.45) is 0 Å². The molecule has 9 heteroatoms. The van der Waals surface area contributed by atoms with Gasteiger partial charge in [-0.1, -0.05) is 38.1 Å². The van der Waals surface area contributed by atoms with Gasteiger partial charge >= 0.3 is 6.09 Å². The quantitative estimate of drug-likeness (QED) is 0.551. The zero-order valence-electron chi connectivity index (χ0n) is 26.6. The van der Waals surface area contributed by atoms with Crippen molar-refractivity contribution in [2.75, 3.05) is 32.8 Å². The van der Waals surface area contributed by atoms with E-state index in [1.54, 1.807) is 21.9 Å². The van der Waals surface area contributed by atoms with Crippen molar-refractivity contribution >= 4 is 17.9 Å². The third-order valence-electron chi connectivity index (χ3n) is 9.80. The number of hydrogen-bond acceptors (Lipinski definition) is 6. The van der Waals surface area contributed by atoms with Crippen LogP contribution in [0.1, 0.15) is 91.3 Å². The number of β-amino-alcohol motifs (C(OH)–C–C–N with tert-alkyl or cyclic N) is 1. The summed E-state index contributed by atoms with van der Waals surface area (Å²) in [5, 5.41) is 11.6. The number of hydrogen-bond donors (Lipinski definition) is 1. The van der Waals surface area contributed by atoms with Crippen LogP contribution in [0.5, 0.6) is 0 Å². The summed E-state index contributed by atoms with van der Waals surface area (Å²) in [5.74, 6) is -0.192. The highest BCUT2D eigenvalue weighted by molar-refractivity contribution is 6.00. The molecule has 0 saturated carbocycles. The van der Waals surface area contributed by atoms with E-state index in [0.29, 0.717) is 43.7 Å². The lowest BCUT2D eigenvalue weighted by Gasteiger charge is -2.47. The van der Waals surface area contributed by atoms with Crippen LogP contribution in [0.15, 0.2) is 42.5 Å². The largest absolute Gasteiger partial charge is 0.444 e. The van der Waals surface area contributed by atoms with Crippen molar-refractivity contribution in [1.29, 1.82) is 0 Å². The summed E-state index contributed by atoms with van der Waals surface area (Å²) in [7, 11) is 0. The predicted molar refractivity (Wildman–Crippen MR) is 166 cm³/mol. The lowest BCUT2D eigenvalue weighted by Crippen LogP contribution is -2.57. The van der Waals surface area contributed by atoms with Crippen molar-refractivity contribution in [3.05, 3.63) is 70.3 Å². The van der Waals surface area contributed by atoms with Gasteiger partial charge in [0.25, 0.3) is 11.8 Å². The third-order valence-corrected chi connectivity index (χ3v) is 9.80. The lowest BCUT2D eigenvalue weighted by atomic mass is 9.77. The average molecular weight is 604 g/mol. The fourth-order valence-corrected chi connectivity index (χ4v) is 7.22. The number of fused-ring (bicyclic) bond motifs is 2. The first-order valence-corrected chi connectivity index (χ1v) is 15.9. The van der Waals surface area contributed by atoms with E-state index in [4.69, 9.17) is 9.47 Å². The SMILES string of the molecule is CC(C)(C)OC(=O)N1Cc2ccccc2CC1[C@H](O)CN1CC(C)(C)c2cc(C(=O)N3CCC4(CCO4)CC3)ccc2C1=O. The monoisotopic (exact) mass is 603 g/mol. The number of piperidine rings is 1. The molecule has 1 spiro atoms. The van der Waals surface area contributed by atoms with Crippen LogP contribution in [0, 0.1) is 0 Å². The van der Waals surface area contributed by atoms with Gasteiger partial charge < -0.3 is 24.4 Å². The van der Waals surface area contributed by atoms with Crippen LogP contribution in [0.25, 0.3) is 0 Å². The molecular formula is C35H45N3O6. The Morgan fingerprint density at radius 1 is 1.07 bits per heavy atom. The maximum atomic E-state index is 13.8. The average Bonchev–Trinajstić information content (AvgIpc) is 2.96. The summed E-state index contributed by atoms with van der Waals surface area (Å²) < 4.78 is 11.5. The molecule has 2 atom stereocenters. The Morgan fingerprint density at radius 3 is 2.39 bits per heavy atom. The summed E-state index contributed by atoms with van der Waals surface area (Å²) in [4.78, 5) is 45.7. The summed E-state index contributed by atoms with van der Waals surface area (Å²) in [5.41, 5.74) is 2.93. The standard InChI is InChI=1S/C35H45N3O6/c1-33(2,3)44-32(42)38-20-25-9-7-6-8-23(25)19-28(38)29(39)21-37-22-34(4,5)27-18-24(10-11-26(27)31(37)41)30(40)36-15-12-35(13-16-36)14-17-43-35/h6-11,18,28-29,39H,12-17,19-22H2,1-5H3/t28?,29-/m1/s1. The predicted octanol–water partition coefficient (Wildman–Crippen LogP) is 4.54. The summed E-state index contributed by atoms with van der Waals surface area (Å²) in [6, 6.07) is 12.8. The van der Waals surface area contributed by atoms with Crippen LogP contribution >= 0.6 is 0 Å². The Kier molecular flexibility index (Phi) is 7.77. The van der Waals surface area contributed by atoms with Crippen LogP contribution in [-0.2, 0) is 27.9 Å². The van der Waals surface area contributed by atoms with Gasteiger partial charge in [0.05, 0.1) is 24.4 Å². The smallest absolute Gasteiger partial charge is 0.410 e. The Hall–Kier alpha value is -3.43. The Balaban J connectivity index is 1.19. The number of benzene rings is 2. The molecule has 2 aromatic carbocycles. The van der Waals surface area contributed by atoms with Crippen LogP contribution < -0.4 is 0 Å². The van der Waals surface area contributed by atoms with Gasteiger partial charge in [-0.3, -0.25) is 14.5 Å². The highest BCUT2D eigenvalue weighted by Gasteiger charge is 2.44. The number of aliphatic hydroxyl groups excluding tert-OH is 1. The van der Waals surface area contributed by atoms with E-state index in [1.165, 1.54) is 0 Å². The second-order valence-electron chi connectivity index (χ2n) is 14.6. The number of carbonyl (C=O) groups excluding carboxylic acids is 3. The molecule has 1 N–H and O–H groups in total. The zero-order valence-corrected chi connectivity index (χ0v) is 26.6. The van der Waals surface area contributed by atoms with Crippen molar-refractivity contribution < 1.29 is 29.0 Å². The van der Waals surface area contributed by atoms with Crippen LogP contribution in [0.4, 0.5) is 4.79 Å². The van der Waals surface area contributed by atoms with E-state index < -0.39 is 29.3 Å². The van der Waals surface area contributed by atoms with Gasteiger partial charge in [-0.05, 0) is 81.3 Å². The molecule has 0 aromatic heterocycles. The first kappa shape index (κ1) is 30.6. The topological polar surface area (TPSA) is 99.6 Å². The molecular weight excluding hydrogens is 558 g/mol. The van der Waals surface area contributed by atoms with Gasteiger partial charge in [0.15, 0.2) is 0 Å². The number of amides is 3. The highest BCUT2D eigenvalue weighted by Crippen LogP contribution is 2.38. The molecule has 0 aliphatic carbocycles. The summed E-state index contributed by atoms with van der Waals surface area (Å²) >= 11 is 0. The van der Waals surface area contributed by atoms with Gasteiger partial charge in [0.1, 0.15) is 5.60 Å². The first-order chi connectivity index (χ1) is 20.8. The van der Waals surface area contributed by atoms with Gasteiger partial charge in [-0.15, -0.1) is 0 Å². The molecule has 4 aliphatic heterocycles. The molecule has 9 nitrogen and oxygen atoms in total. The van der Waals surface area contributed by atoms with Crippen LogP contribution in [-0.4, -0.2) is 93.8 Å². The molecule has 6 rings (SSSR count). The van der Waals surface area contributed by atoms with E-state index >= 15 is 0 Å². The van der Waals surface area contributed by atoms with Gasteiger partial charge in [-0.25, -0.2) is 4.79 Å². The molecule has 236 valence electrons. The lowest BCUT2D eigenvalue weighted by molar-refractivity contribution is -0.169. The van der Waals surface area contributed by atoms with Gasteiger partial charge in [0, 0.05) is 49.3 Å². The van der Waals surface area contributed by atoms with Crippen molar-refractivity contribution in [3.63, 3.8) is 0 Å². The minimum atomic E-state index is -0.986. The minimum absolute atomic E-state index is 0.0112. The van der Waals surface area contributed by atoms with Gasteiger partial charge in [-0.2, -0.15) is 0 Å². The number of carbonyl (C=O) groups is 3. The van der Waals surface area contributed by atoms with E-state index in [1.807, 2.05) is 56.0 Å².